The minimum atomic E-state index is -1.25. The minimum absolute atomic E-state index is 0.254. The van der Waals surface area contributed by atoms with E-state index < -0.39 is 11.6 Å². The van der Waals surface area contributed by atoms with Crippen LogP contribution < -0.4 is 5.32 Å². The predicted octanol–water partition coefficient (Wildman–Crippen LogP) is 3.79. The quantitative estimate of drug-likeness (QED) is 0.446. The number of nitrogens with one attached hydrogen (secondary N) is 1. The van der Waals surface area contributed by atoms with Crippen LogP contribution in [0.25, 0.3) is 0 Å². The van der Waals surface area contributed by atoms with Crippen LogP contribution in [0.5, 0.6) is 5.75 Å². The van der Waals surface area contributed by atoms with Gasteiger partial charge in [-0.15, -0.1) is 0 Å². The van der Waals surface area contributed by atoms with E-state index in [9.17, 15) is 14.7 Å². The zero-order valence-corrected chi connectivity index (χ0v) is 14.6. The Morgan fingerprint density at radius 1 is 1.17 bits per heavy atom. The van der Waals surface area contributed by atoms with Gasteiger partial charge >= 0.3 is 5.97 Å². The molecule has 0 spiro atoms. The van der Waals surface area contributed by atoms with E-state index in [2.05, 4.69) is 12.2 Å². The monoisotopic (exact) mass is 337 g/mol. The lowest BCUT2D eigenvalue weighted by Crippen LogP contribution is -2.44. The second kappa shape index (κ2) is 9.27. The standard InChI is InChI=1S/C18H27NO5/c1-4-7-8-11-24-18(5-2,6-3)17(23)19-13-9-10-15(20)14(12-13)16(21)22/h9-10,12,20H,4-8,11H2,1-3H3,(H,19,23)(H,21,22). The number of anilines is 1. The fourth-order valence-electron chi connectivity index (χ4n) is 2.49. The van der Waals surface area contributed by atoms with Crippen molar-refractivity contribution in [3.05, 3.63) is 23.8 Å². The SMILES string of the molecule is CCCCCOC(CC)(CC)C(=O)Nc1ccc(O)c(C(=O)O)c1. The van der Waals surface area contributed by atoms with Gasteiger partial charge in [0.1, 0.15) is 16.9 Å². The molecule has 1 amide bonds. The number of carboxylic acids is 1. The molecule has 0 saturated carbocycles. The first-order valence-electron chi connectivity index (χ1n) is 8.41. The molecule has 1 aromatic carbocycles. The van der Waals surface area contributed by atoms with Crippen LogP contribution in [0.1, 0.15) is 63.2 Å². The van der Waals surface area contributed by atoms with Crippen molar-refractivity contribution in [3.8, 4) is 5.75 Å². The topological polar surface area (TPSA) is 95.9 Å². The molecule has 0 saturated heterocycles. The average Bonchev–Trinajstić information content (AvgIpc) is 2.57. The summed E-state index contributed by atoms with van der Waals surface area (Å²) < 4.78 is 5.89. The molecule has 6 nitrogen and oxygen atoms in total. The molecule has 0 bridgehead atoms. The van der Waals surface area contributed by atoms with Gasteiger partial charge in [0.2, 0.25) is 0 Å². The first-order chi connectivity index (χ1) is 11.4. The van der Waals surface area contributed by atoms with E-state index >= 15 is 0 Å². The highest BCUT2D eigenvalue weighted by atomic mass is 16.5. The normalized spacial score (nSPS) is 11.3. The molecule has 0 aliphatic heterocycles. The van der Waals surface area contributed by atoms with Crippen molar-refractivity contribution in [2.75, 3.05) is 11.9 Å². The van der Waals surface area contributed by atoms with Crippen LogP contribution in [0.3, 0.4) is 0 Å². The highest BCUT2D eigenvalue weighted by Gasteiger charge is 2.36. The Labute approximate surface area is 142 Å². The fourth-order valence-corrected chi connectivity index (χ4v) is 2.49. The van der Waals surface area contributed by atoms with Crippen molar-refractivity contribution in [1.29, 1.82) is 0 Å². The molecule has 3 N–H and O–H groups in total. The second-order valence-corrected chi connectivity index (χ2v) is 5.75. The molecule has 24 heavy (non-hydrogen) atoms. The fraction of sp³-hybridized carbons (Fsp3) is 0.556. The Morgan fingerprint density at radius 2 is 1.83 bits per heavy atom. The zero-order valence-electron chi connectivity index (χ0n) is 14.6. The van der Waals surface area contributed by atoms with Crippen molar-refractivity contribution in [1.82, 2.24) is 0 Å². The van der Waals surface area contributed by atoms with Crippen LogP contribution in [0.15, 0.2) is 18.2 Å². The Morgan fingerprint density at radius 3 is 2.38 bits per heavy atom. The van der Waals surface area contributed by atoms with Crippen LogP contribution >= 0.6 is 0 Å². The number of ether oxygens (including phenoxy) is 1. The Bertz CT molecular complexity index is 567. The zero-order chi connectivity index (χ0) is 18.2. The van der Waals surface area contributed by atoms with Gasteiger partial charge in [0.05, 0.1) is 0 Å². The van der Waals surface area contributed by atoms with Gasteiger partial charge in [0.15, 0.2) is 0 Å². The van der Waals surface area contributed by atoms with Gasteiger partial charge in [-0.2, -0.15) is 0 Å². The third-order valence-electron chi connectivity index (χ3n) is 4.17. The molecule has 1 aromatic rings. The summed E-state index contributed by atoms with van der Waals surface area (Å²) in [5, 5.41) is 21.3. The lowest BCUT2D eigenvalue weighted by Gasteiger charge is -2.30. The molecular weight excluding hydrogens is 310 g/mol. The molecule has 0 fully saturated rings. The number of phenols is 1. The molecule has 0 aromatic heterocycles. The van der Waals surface area contributed by atoms with Gasteiger partial charge in [-0.05, 0) is 37.5 Å². The van der Waals surface area contributed by atoms with E-state index in [1.807, 2.05) is 13.8 Å². The Kier molecular flexibility index (Phi) is 7.71. The molecule has 0 atom stereocenters. The van der Waals surface area contributed by atoms with Crippen molar-refractivity contribution in [3.63, 3.8) is 0 Å². The number of rotatable bonds is 10. The number of amides is 1. The number of unbranched alkanes of at least 4 members (excludes halogenated alkanes) is 2. The van der Waals surface area contributed by atoms with Crippen LogP contribution in [0, 0.1) is 0 Å². The van der Waals surface area contributed by atoms with Gasteiger partial charge in [-0.25, -0.2) is 4.79 Å². The molecule has 0 aliphatic rings. The van der Waals surface area contributed by atoms with E-state index in [4.69, 9.17) is 9.84 Å². The number of carbonyl (C=O) groups excluding carboxylic acids is 1. The molecular formula is C18H27NO5. The molecule has 0 unspecified atom stereocenters. The summed E-state index contributed by atoms with van der Waals surface area (Å²) >= 11 is 0. The lowest BCUT2D eigenvalue weighted by molar-refractivity contribution is -0.143. The van der Waals surface area contributed by atoms with E-state index in [0.717, 1.165) is 19.3 Å². The van der Waals surface area contributed by atoms with Gasteiger partial charge in [-0.1, -0.05) is 33.6 Å². The van der Waals surface area contributed by atoms with E-state index in [-0.39, 0.29) is 17.2 Å². The number of aromatic carboxylic acids is 1. The van der Waals surface area contributed by atoms with Gasteiger partial charge in [-0.3, -0.25) is 4.79 Å². The summed E-state index contributed by atoms with van der Waals surface area (Å²) in [7, 11) is 0. The van der Waals surface area contributed by atoms with E-state index in [0.29, 0.717) is 25.1 Å². The Balaban J connectivity index is 2.88. The van der Waals surface area contributed by atoms with Gasteiger partial charge < -0.3 is 20.3 Å². The molecule has 0 heterocycles. The smallest absolute Gasteiger partial charge is 0.339 e. The summed E-state index contributed by atoms with van der Waals surface area (Å²) in [4.78, 5) is 23.8. The highest BCUT2D eigenvalue weighted by Crippen LogP contribution is 2.26. The van der Waals surface area contributed by atoms with Crippen LogP contribution in [-0.4, -0.2) is 34.3 Å². The largest absolute Gasteiger partial charge is 0.507 e. The van der Waals surface area contributed by atoms with Crippen molar-refractivity contribution < 1.29 is 24.5 Å². The number of hydrogen-bond donors (Lipinski definition) is 3. The summed E-state index contributed by atoms with van der Waals surface area (Å²) in [5.41, 5.74) is -0.872. The maximum Gasteiger partial charge on any atom is 0.339 e. The summed E-state index contributed by atoms with van der Waals surface area (Å²) in [6.45, 7) is 6.40. The van der Waals surface area contributed by atoms with Crippen LogP contribution in [0.2, 0.25) is 0 Å². The average molecular weight is 337 g/mol. The Hall–Kier alpha value is -2.08. The lowest BCUT2D eigenvalue weighted by atomic mass is 9.95. The molecule has 6 heteroatoms. The molecule has 134 valence electrons. The molecule has 0 radical (unpaired) electrons. The van der Waals surface area contributed by atoms with Gasteiger partial charge in [0.25, 0.3) is 5.91 Å². The maximum absolute atomic E-state index is 12.7. The summed E-state index contributed by atoms with van der Waals surface area (Å²) in [6.07, 6.45) is 4.06. The summed E-state index contributed by atoms with van der Waals surface area (Å²) in [5.74, 6) is -1.89. The van der Waals surface area contributed by atoms with E-state index in [1.54, 1.807) is 0 Å². The number of hydrogen-bond acceptors (Lipinski definition) is 4. The molecule has 1 rings (SSSR count). The number of aromatic hydroxyl groups is 1. The van der Waals surface area contributed by atoms with Crippen LogP contribution in [0.4, 0.5) is 5.69 Å². The number of carboxylic acid groups (broad SMARTS) is 1. The predicted molar refractivity (Wildman–Crippen MR) is 92.5 cm³/mol. The number of carbonyl (C=O) groups is 2. The first kappa shape index (κ1) is 20.0. The van der Waals surface area contributed by atoms with Crippen molar-refractivity contribution >= 4 is 17.6 Å². The minimum Gasteiger partial charge on any atom is -0.507 e. The second-order valence-electron chi connectivity index (χ2n) is 5.75. The molecule has 0 aliphatic carbocycles. The van der Waals surface area contributed by atoms with E-state index in [1.165, 1.54) is 18.2 Å². The first-order valence-corrected chi connectivity index (χ1v) is 8.41. The maximum atomic E-state index is 12.7. The third-order valence-corrected chi connectivity index (χ3v) is 4.17. The third kappa shape index (κ3) is 4.96. The van der Waals surface area contributed by atoms with Crippen LogP contribution in [-0.2, 0) is 9.53 Å². The van der Waals surface area contributed by atoms with Crippen molar-refractivity contribution in [2.24, 2.45) is 0 Å². The van der Waals surface area contributed by atoms with Gasteiger partial charge in [0, 0.05) is 12.3 Å². The summed E-state index contributed by atoms with van der Waals surface area (Å²) in [6, 6.07) is 3.95. The number of benzene rings is 1. The van der Waals surface area contributed by atoms with Crippen molar-refractivity contribution in [2.45, 2.75) is 58.5 Å². The highest BCUT2D eigenvalue weighted by molar-refractivity contribution is 5.99.